The van der Waals surface area contributed by atoms with Gasteiger partial charge in [0.1, 0.15) is 11.5 Å². The van der Waals surface area contributed by atoms with Crippen LogP contribution in [0.2, 0.25) is 0 Å². The summed E-state index contributed by atoms with van der Waals surface area (Å²) in [5.41, 5.74) is 0.809. The van der Waals surface area contributed by atoms with Crippen molar-refractivity contribution in [3.05, 3.63) is 58.5 Å². The predicted molar refractivity (Wildman–Crippen MR) is 115 cm³/mol. The molecule has 2 N–H and O–H groups in total. The molecule has 0 amide bonds. The van der Waals surface area contributed by atoms with Gasteiger partial charge in [-0.05, 0) is 23.6 Å². The molecule has 1 aliphatic rings. The number of ketones is 1. The summed E-state index contributed by atoms with van der Waals surface area (Å²) in [5, 5.41) is 21.9. The van der Waals surface area contributed by atoms with Crippen molar-refractivity contribution in [1.29, 1.82) is 0 Å². The Morgan fingerprint density at radius 1 is 1.20 bits per heavy atom. The summed E-state index contributed by atoms with van der Waals surface area (Å²) in [7, 11) is 3.04. The second kappa shape index (κ2) is 8.73. The van der Waals surface area contributed by atoms with E-state index in [9.17, 15) is 15.0 Å². The van der Waals surface area contributed by atoms with Gasteiger partial charge in [-0.1, -0.05) is 18.2 Å². The SMILES string of the molecule is COCC1CC(O)CC(c2cc(C(=O)c3cc4ccccc4s3)c(OC)cc2O)O1. The van der Waals surface area contributed by atoms with Gasteiger partial charge in [0, 0.05) is 36.3 Å². The van der Waals surface area contributed by atoms with Crippen LogP contribution < -0.4 is 4.74 Å². The summed E-state index contributed by atoms with van der Waals surface area (Å²) in [6.45, 7) is 0.345. The molecular weight excluding hydrogens is 404 g/mol. The normalized spacial score (nSPS) is 21.6. The third-order valence-corrected chi connectivity index (χ3v) is 6.43. The number of thiophene rings is 1. The molecule has 4 rings (SSSR count). The fraction of sp³-hybridized carbons (Fsp3) is 0.348. The predicted octanol–water partition coefficient (Wildman–Crippen LogP) is 4.07. The van der Waals surface area contributed by atoms with Gasteiger partial charge in [0.15, 0.2) is 0 Å². The van der Waals surface area contributed by atoms with Crippen molar-refractivity contribution in [1.82, 2.24) is 0 Å². The number of hydrogen-bond donors (Lipinski definition) is 2. The molecule has 30 heavy (non-hydrogen) atoms. The Bertz CT molecular complexity index is 1030. The molecule has 0 aliphatic carbocycles. The summed E-state index contributed by atoms with van der Waals surface area (Å²) in [4.78, 5) is 13.9. The quantitative estimate of drug-likeness (QED) is 0.576. The lowest BCUT2D eigenvalue weighted by molar-refractivity contribution is -0.119. The highest BCUT2D eigenvalue weighted by Gasteiger charge is 2.32. The summed E-state index contributed by atoms with van der Waals surface area (Å²) in [5.74, 6) is 0.0811. The van der Waals surface area contributed by atoms with Crippen molar-refractivity contribution in [2.75, 3.05) is 20.8 Å². The van der Waals surface area contributed by atoms with E-state index in [1.54, 1.807) is 13.2 Å². The van der Waals surface area contributed by atoms with E-state index in [4.69, 9.17) is 14.2 Å². The molecule has 2 aromatic carbocycles. The lowest BCUT2D eigenvalue weighted by atomic mass is 9.93. The average Bonchev–Trinajstić information content (AvgIpc) is 3.17. The number of carbonyl (C=O) groups excluding carboxylic acids is 1. The van der Waals surface area contributed by atoms with Gasteiger partial charge in [-0.3, -0.25) is 4.79 Å². The van der Waals surface area contributed by atoms with Crippen molar-refractivity contribution in [3.8, 4) is 11.5 Å². The molecule has 0 radical (unpaired) electrons. The Balaban J connectivity index is 1.72. The second-order valence-electron chi connectivity index (χ2n) is 7.42. The van der Waals surface area contributed by atoms with Crippen molar-refractivity contribution < 1.29 is 29.2 Å². The Morgan fingerprint density at radius 3 is 2.73 bits per heavy atom. The number of benzene rings is 2. The van der Waals surface area contributed by atoms with E-state index in [0.29, 0.717) is 41.2 Å². The molecule has 1 saturated heterocycles. The van der Waals surface area contributed by atoms with Crippen LogP contribution >= 0.6 is 11.3 Å². The average molecular weight is 429 g/mol. The number of methoxy groups -OCH3 is 2. The zero-order valence-corrected chi connectivity index (χ0v) is 17.6. The van der Waals surface area contributed by atoms with Crippen LogP contribution in [0.1, 0.15) is 39.7 Å². The van der Waals surface area contributed by atoms with Gasteiger partial charge >= 0.3 is 0 Å². The first kappa shape index (κ1) is 20.8. The lowest BCUT2D eigenvalue weighted by Gasteiger charge is -2.33. The Labute approximate surface area is 178 Å². The van der Waals surface area contributed by atoms with Crippen LogP contribution in [0, 0.1) is 0 Å². The second-order valence-corrected chi connectivity index (χ2v) is 8.50. The third kappa shape index (κ3) is 4.06. The van der Waals surface area contributed by atoms with E-state index < -0.39 is 12.2 Å². The summed E-state index contributed by atoms with van der Waals surface area (Å²) in [6.07, 6.45) is -0.612. The Hall–Kier alpha value is -2.45. The number of phenols is 1. The third-order valence-electron chi connectivity index (χ3n) is 5.32. The van der Waals surface area contributed by atoms with Gasteiger partial charge < -0.3 is 24.4 Å². The minimum Gasteiger partial charge on any atom is -0.507 e. The van der Waals surface area contributed by atoms with Crippen LogP contribution in [0.25, 0.3) is 10.1 Å². The molecule has 3 atom stereocenters. The molecule has 1 fully saturated rings. The lowest BCUT2D eigenvalue weighted by Crippen LogP contribution is -2.34. The number of aliphatic hydroxyl groups excluding tert-OH is 1. The highest BCUT2D eigenvalue weighted by molar-refractivity contribution is 7.21. The largest absolute Gasteiger partial charge is 0.507 e. The van der Waals surface area contributed by atoms with E-state index in [1.165, 1.54) is 24.5 Å². The molecule has 158 valence electrons. The Kier molecular flexibility index (Phi) is 6.06. The molecule has 1 aliphatic heterocycles. The standard InChI is InChI=1S/C23H24O6S/c1-27-12-15-8-14(24)9-20(29-15)16-10-17(19(28-2)11-18(16)25)23(26)22-7-13-5-3-4-6-21(13)30-22/h3-7,10-11,14-15,20,24-25H,8-9,12H2,1-2H3. The molecule has 7 heteroatoms. The van der Waals surface area contributed by atoms with E-state index in [1.807, 2.05) is 30.3 Å². The van der Waals surface area contributed by atoms with Gasteiger partial charge in [-0.15, -0.1) is 11.3 Å². The van der Waals surface area contributed by atoms with E-state index in [2.05, 4.69) is 0 Å². The maximum absolute atomic E-state index is 13.3. The first-order valence-electron chi connectivity index (χ1n) is 9.76. The minimum absolute atomic E-state index is 0.0324. The monoisotopic (exact) mass is 428 g/mol. The first-order chi connectivity index (χ1) is 14.5. The molecule has 2 heterocycles. The fourth-order valence-corrected chi connectivity index (χ4v) is 4.92. The van der Waals surface area contributed by atoms with E-state index >= 15 is 0 Å². The number of rotatable bonds is 6. The highest BCUT2D eigenvalue weighted by atomic mass is 32.1. The minimum atomic E-state index is -0.577. The molecule has 0 saturated carbocycles. The summed E-state index contributed by atoms with van der Waals surface area (Å²) in [6, 6.07) is 12.7. The summed E-state index contributed by atoms with van der Waals surface area (Å²) >= 11 is 1.42. The number of ether oxygens (including phenoxy) is 3. The van der Waals surface area contributed by atoms with Crippen LogP contribution in [0.4, 0.5) is 0 Å². The van der Waals surface area contributed by atoms with Gasteiger partial charge in [-0.2, -0.15) is 0 Å². The number of fused-ring (bicyclic) bond motifs is 1. The zero-order valence-electron chi connectivity index (χ0n) is 16.8. The zero-order chi connectivity index (χ0) is 21.3. The molecular formula is C23H24O6S. The maximum atomic E-state index is 13.3. The van der Waals surface area contributed by atoms with Crippen LogP contribution in [0.15, 0.2) is 42.5 Å². The van der Waals surface area contributed by atoms with Gasteiger partial charge in [0.25, 0.3) is 0 Å². The molecule has 6 nitrogen and oxygen atoms in total. The van der Waals surface area contributed by atoms with Crippen LogP contribution in [-0.2, 0) is 9.47 Å². The number of aromatic hydroxyl groups is 1. The van der Waals surface area contributed by atoms with Crippen LogP contribution in [0.5, 0.6) is 11.5 Å². The fourth-order valence-electron chi connectivity index (χ4n) is 3.90. The number of hydrogen-bond acceptors (Lipinski definition) is 7. The van der Waals surface area contributed by atoms with Gasteiger partial charge in [0.05, 0.1) is 42.5 Å². The molecule has 0 spiro atoms. The van der Waals surface area contributed by atoms with Gasteiger partial charge in [-0.25, -0.2) is 0 Å². The smallest absolute Gasteiger partial charge is 0.206 e. The van der Waals surface area contributed by atoms with Gasteiger partial charge in [0.2, 0.25) is 5.78 Å². The summed E-state index contributed by atoms with van der Waals surface area (Å²) < 4.78 is 17.6. The molecule has 3 aromatic rings. The van der Waals surface area contributed by atoms with Crippen molar-refractivity contribution in [3.63, 3.8) is 0 Å². The maximum Gasteiger partial charge on any atom is 0.206 e. The first-order valence-corrected chi connectivity index (χ1v) is 10.6. The topological polar surface area (TPSA) is 85.2 Å². The van der Waals surface area contributed by atoms with Crippen LogP contribution in [0.3, 0.4) is 0 Å². The number of phenolic OH excluding ortho intramolecular Hbond substituents is 1. The van der Waals surface area contributed by atoms with Crippen LogP contribution in [-0.4, -0.2) is 49.0 Å². The number of aliphatic hydroxyl groups is 1. The van der Waals surface area contributed by atoms with Crippen molar-refractivity contribution in [2.24, 2.45) is 0 Å². The van der Waals surface area contributed by atoms with Crippen molar-refractivity contribution >= 4 is 27.2 Å². The van der Waals surface area contributed by atoms with Crippen molar-refractivity contribution in [2.45, 2.75) is 31.2 Å². The van der Waals surface area contributed by atoms with E-state index in [0.717, 1.165) is 10.1 Å². The molecule has 3 unspecified atom stereocenters. The molecule has 0 bridgehead atoms. The molecule has 1 aromatic heterocycles. The van der Waals surface area contributed by atoms with E-state index in [-0.39, 0.29) is 17.6 Å². The Morgan fingerprint density at radius 2 is 2.00 bits per heavy atom. The highest BCUT2D eigenvalue weighted by Crippen LogP contribution is 2.40. The number of carbonyl (C=O) groups is 1.